The molecule has 0 aliphatic carbocycles. The van der Waals surface area contributed by atoms with Crippen molar-refractivity contribution in [2.24, 2.45) is 0 Å². The number of hydrogen-bond acceptors (Lipinski definition) is 2. The molecule has 0 aliphatic rings. The van der Waals surface area contributed by atoms with E-state index in [0.29, 0.717) is 0 Å². The van der Waals surface area contributed by atoms with Gasteiger partial charge in [0.1, 0.15) is 5.82 Å². The second-order valence-corrected chi connectivity index (χ2v) is 17.2. The molecule has 0 atom stereocenters. The van der Waals surface area contributed by atoms with E-state index < -0.39 is 0 Å². The summed E-state index contributed by atoms with van der Waals surface area (Å²) in [6, 6.07) is 52.9. The third-order valence-corrected chi connectivity index (χ3v) is 11.5. The minimum atomic E-state index is -0.0968. The van der Waals surface area contributed by atoms with Gasteiger partial charge >= 0.3 is 0 Å². The van der Waals surface area contributed by atoms with Gasteiger partial charge in [-0.2, -0.15) is 0 Å². The van der Waals surface area contributed by atoms with E-state index in [-0.39, 0.29) is 10.8 Å². The first kappa shape index (κ1) is 34.0. The number of aromatic nitrogens is 4. The highest BCUT2D eigenvalue weighted by Gasteiger charge is 2.26. The molecule has 56 heavy (non-hydrogen) atoms. The quantitative estimate of drug-likeness (QED) is 0.196. The first-order valence-corrected chi connectivity index (χ1v) is 19.6. The summed E-state index contributed by atoms with van der Waals surface area (Å²) in [5.74, 6) is 0.910. The molecule has 1 N–H and O–H groups in total. The highest BCUT2D eigenvalue weighted by molar-refractivity contribution is 6.13. The first-order valence-electron chi connectivity index (χ1n) is 19.6. The molecule has 4 nitrogen and oxygen atoms in total. The van der Waals surface area contributed by atoms with Crippen molar-refractivity contribution in [2.75, 3.05) is 0 Å². The van der Waals surface area contributed by atoms with Crippen LogP contribution in [0.15, 0.2) is 152 Å². The Morgan fingerprint density at radius 1 is 0.518 bits per heavy atom. The maximum atomic E-state index is 5.78. The molecule has 0 saturated carbocycles. The topological polar surface area (TPSA) is 46.5 Å². The number of nitrogens with one attached hydrogen (secondary N) is 1. The molecule has 4 heteroatoms. The Balaban J connectivity index is 1.34. The number of rotatable bonds is 4. The fourth-order valence-corrected chi connectivity index (χ4v) is 8.44. The minimum Gasteiger partial charge on any atom is -0.354 e. The van der Waals surface area contributed by atoms with Gasteiger partial charge in [-0.05, 0) is 104 Å². The van der Waals surface area contributed by atoms with Gasteiger partial charge in [0.25, 0.3) is 0 Å². The summed E-state index contributed by atoms with van der Waals surface area (Å²) in [4.78, 5) is 14.4. The molecule has 0 aliphatic heterocycles. The van der Waals surface area contributed by atoms with Gasteiger partial charge in [0.05, 0.1) is 27.9 Å². The van der Waals surface area contributed by atoms with Crippen LogP contribution in [0.4, 0.5) is 0 Å². The van der Waals surface area contributed by atoms with Crippen LogP contribution in [0.5, 0.6) is 0 Å². The van der Waals surface area contributed by atoms with Crippen LogP contribution in [-0.2, 0) is 10.8 Å². The van der Waals surface area contributed by atoms with Gasteiger partial charge in [-0.3, -0.25) is 9.55 Å². The Morgan fingerprint density at radius 3 is 2.02 bits per heavy atom. The zero-order chi connectivity index (χ0) is 38.3. The van der Waals surface area contributed by atoms with Crippen molar-refractivity contribution < 1.29 is 0 Å². The number of fused-ring (bicyclic) bond motifs is 6. The zero-order valence-electron chi connectivity index (χ0n) is 32.8. The molecule has 3 aromatic heterocycles. The van der Waals surface area contributed by atoms with E-state index in [0.717, 1.165) is 61.5 Å². The predicted octanol–water partition coefficient (Wildman–Crippen LogP) is 14.0. The van der Waals surface area contributed by atoms with Crippen LogP contribution in [0.25, 0.3) is 93.8 Å². The third kappa shape index (κ3) is 5.51. The summed E-state index contributed by atoms with van der Waals surface area (Å²) in [7, 11) is 0. The Morgan fingerprint density at radius 2 is 1.23 bits per heavy atom. The van der Waals surface area contributed by atoms with Gasteiger partial charge < -0.3 is 4.98 Å². The molecule has 272 valence electrons. The van der Waals surface area contributed by atoms with E-state index in [2.05, 4.69) is 191 Å². The fraction of sp³-hybridized carbons (Fsp3) is 0.154. The molecule has 0 radical (unpaired) electrons. The molecule has 0 saturated heterocycles. The first-order chi connectivity index (χ1) is 27.0. The van der Waals surface area contributed by atoms with Crippen LogP contribution < -0.4 is 0 Å². The van der Waals surface area contributed by atoms with E-state index in [9.17, 15) is 0 Å². The second-order valence-electron chi connectivity index (χ2n) is 17.2. The van der Waals surface area contributed by atoms with Crippen molar-refractivity contribution in [1.29, 1.82) is 0 Å². The van der Waals surface area contributed by atoms with Gasteiger partial charge in [-0.15, -0.1) is 0 Å². The summed E-state index contributed by atoms with van der Waals surface area (Å²) < 4.78 is 2.40. The largest absolute Gasteiger partial charge is 0.354 e. The number of benzene rings is 7. The van der Waals surface area contributed by atoms with Gasteiger partial charge in [-0.1, -0.05) is 126 Å². The fourth-order valence-electron chi connectivity index (χ4n) is 8.44. The minimum absolute atomic E-state index is 0.0268. The van der Waals surface area contributed by atoms with E-state index in [4.69, 9.17) is 9.97 Å². The molecule has 0 unspecified atom stereocenters. The second kappa shape index (κ2) is 12.5. The summed E-state index contributed by atoms with van der Waals surface area (Å²) in [5.41, 5.74) is 13.2. The van der Waals surface area contributed by atoms with Gasteiger partial charge in [0.15, 0.2) is 0 Å². The van der Waals surface area contributed by atoms with Crippen LogP contribution >= 0.6 is 0 Å². The number of imidazole rings is 1. The normalized spacial score (nSPS) is 12.5. The van der Waals surface area contributed by atoms with Gasteiger partial charge in [0, 0.05) is 44.6 Å². The number of H-pyrrole nitrogens is 1. The lowest BCUT2D eigenvalue weighted by Crippen LogP contribution is -2.11. The number of aromatic amines is 1. The van der Waals surface area contributed by atoms with Crippen LogP contribution in [0, 0.1) is 0 Å². The maximum absolute atomic E-state index is 5.78. The molecule has 10 aromatic rings. The smallest absolute Gasteiger partial charge is 0.147 e. The highest BCUT2D eigenvalue weighted by atomic mass is 15.1. The lowest BCUT2D eigenvalue weighted by molar-refractivity contribution is 0.590. The van der Waals surface area contributed by atoms with Crippen molar-refractivity contribution in [2.45, 2.75) is 52.4 Å². The molecule has 0 amide bonds. The Bertz CT molecular complexity index is 3140. The SMILES string of the molecule is CC(C)(C)c1ccc2[nH]c3c(-c4nc5c(-c6cc(-c7ccccn7)cc7ccccc67)cccc5n4-c4cccc5ccccc45)cc(C(C)(C)C)cc3c2c1. The van der Waals surface area contributed by atoms with E-state index in [1.165, 1.54) is 43.4 Å². The lowest BCUT2D eigenvalue weighted by Gasteiger charge is -2.21. The third-order valence-electron chi connectivity index (χ3n) is 11.5. The summed E-state index contributed by atoms with van der Waals surface area (Å²) in [6.07, 6.45) is 1.86. The van der Waals surface area contributed by atoms with E-state index in [1.54, 1.807) is 0 Å². The number of nitrogens with zero attached hydrogens (tertiary/aromatic N) is 3. The molecule has 0 spiro atoms. The molecular weight excluding hydrogens is 681 g/mol. The maximum Gasteiger partial charge on any atom is 0.147 e. The Hall–Kier alpha value is -6.52. The lowest BCUT2D eigenvalue weighted by atomic mass is 9.84. The molecule has 0 fully saturated rings. The number of pyridine rings is 1. The number of para-hydroxylation sites is 1. The van der Waals surface area contributed by atoms with Crippen molar-refractivity contribution in [1.82, 2.24) is 19.5 Å². The standard InChI is InChI=1S/C52H44N4/c1-51(2,3)35-24-25-45-41(29-35)42-30-36(52(4,5)6)31-43(48(42)54-45)50-55-49-39(20-14-23-47(49)56(50)46-22-13-17-32-15-7-10-19-38(32)46)40-28-34(44-21-11-12-26-53-44)27-33-16-8-9-18-37(33)40/h7-31,54H,1-6H3. The highest BCUT2D eigenvalue weighted by Crippen LogP contribution is 2.44. The van der Waals surface area contributed by atoms with E-state index in [1.807, 2.05) is 12.3 Å². The monoisotopic (exact) mass is 724 g/mol. The average molecular weight is 725 g/mol. The molecule has 0 bridgehead atoms. The van der Waals surface area contributed by atoms with E-state index >= 15 is 0 Å². The Kier molecular flexibility index (Phi) is 7.59. The molecule has 3 heterocycles. The summed E-state index contributed by atoms with van der Waals surface area (Å²) in [5, 5.41) is 7.19. The van der Waals surface area contributed by atoms with Crippen LogP contribution in [-0.4, -0.2) is 19.5 Å². The molecule has 7 aromatic carbocycles. The Labute approximate surface area is 327 Å². The van der Waals surface area contributed by atoms with Crippen molar-refractivity contribution >= 4 is 54.4 Å². The molecular formula is C52H44N4. The van der Waals surface area contributed by atoms with Crippen LogP contribution in [0.1, 0.15) is 52.7 Å². The van der Waals surface area contributed by atoms with Gasteiger partial charge in [0.2, 0.25) is 0 Å². The summed E-state index contributed by atoms with van der Waals surface area (Å²) >= 11 is 0. The van der Waals surface area contributed by atoms with Crippen molar-refractivity contribution in [3.63, 3.8) is 0 Å². The predicted molar refractivity (Wildman–Crippen MR) is 237 cm³/mol. The number of hydrogen-bond donors (Lipinski definition) is 1. The molecule has 10 rings (SSSR count). The van der Waals surface area contributed by atoms with Crippen molar-refractivity contribution in [3.05, 3.63) is 163 Å². The average Bonchev–Trinajstić information content (AvgIpc) is 3.78. The van der Waals surface area contributed by atoms with Crippen molar-refractivity contribution in [3.8, 4) is 39.5 Å². The zero-order valence-corrected chi connectivity index (χ0v) is 32.8. The van der Waals surface area contributed by atoms with Crippen LogP contribution in [0.3, 0.4) is 0 Å². The summed E-state index contributed by atoms with van der Waals surface area (Å²) in [6.45, 7) is 13.8. The van der Waals surface area contributed by atoms with Crippen LogP contribution in [0.2, 0.25) is 0 Å². The van der Waals surface area contributed by atoms with Gasteiger partial charge in [-0.25, -0.2) is 4.98 Å².